The van der Waals surface area contributed by atoms with Crippen LogP contribution in [0.3, 0.4) is 0 Å². The van der Waals surface area contributed by atoms with Gasteiger partial charge in [-0.3, -0.25) is 9.69 Å². The van der Waals surface area contributed by atoms with Crippen molar-refractivity contribution in [3.8, 4) is 0 Å². The van der Waals surface area contributed by atoms with E-state index in [0.29, 0.717) is 23.8 Å². The van der Waals surface area contributed by atoms with Crippen LogP contribution in [-0.2, 0) is 4.79 Å². The summed E-state index contributed by atoms with van der Waals surface area (Å²) in [5, 5.41) is 3.38. The van der Waals surface area contributed by atoms with Crippen molar-refractivity contribution in [2.24, 2.45) is 0 Å². The van der Waals surface area contributed by atoms with Gasteiger partial charge in [0.2, 0.25) is 5.91 Å². The number of carbonyl (C=O) groups is 2. The summed E-state index contributed by atoms with van der Waals surface area (Å²) in [6.07, 6.45) is 0. The smallest absolute Gasteiger partial charge is 0.325 e. The summed E-state index contributed by atoms with van der Waals surface area (Å²) in [7, 11) is 0. The van der Waals surface area contributed by atoms with E-state index < -0.39 is 0 Å². The highest BCUT2D eigenvalue weighted by Gasteiger charge is 2.30. The van der Waals surface area contributed by atoms with E-state index in [2.05, 4.69) is 5.32 Å². The first-order chi connectivity index (χ1) is 11.5. The van der Waals surface area contributed by atoms with Crippen molar-refractivity contribution in [3.05, 3.63) is 59.1 Å². The van der Waals surface area contributed by atoms with Crippen LogP contribution in [0.2, 0.25) is 5.02 Å². The largest absolute Gasteiger partial charge is 0.325 e. The van der Waals surface area contributed by atoms with E-state index in [4.69, 9.17) is 11.6 Å². The van der Waals surface area contributed by atoms with Gasteiger partial charge in [0.1, 0.15) is 6.54 Å². The van der Waals surface area contributed by atoms with Crippen LogP contribution in [0.25, 0.3) is 0 Å². The van der Waals surface area contributed by atoms with E-state index in [9.17, 15) is 9.59 Å². The van der Waals surface area contributed by atoms with Gasteiger partial charge in [-0.1, -0.05) is 29.3 Å². The van der Waals surface area contributed by atoms with Gasteiger partial charge in [0.25, 0.3) is 0 Å². The number of halogens is 1. The first kappa shape index (κ1) is 16.3. The standard InChI is InChI=1S/C18H18ClN3O2/c1-13-2-8-16(9-3-13)22-11-10-21(18(22)24)12-17(23)20-15-6-4-14(19)5-7-15/h2-9H,10-12H2,1H3,(H,20,23). The average molecular weight is 344 g/mol. The van der Waals surface area contributed by atoms with Gasteiger partial charge >= 0.3 is 6.03 Å². The van der Waals surface area contributed by atoms with Crippen molar-refractivity contribution < 1.29 is 9.59 Å². The molecule has 1 N–H and O–H groups in total. The van der Waals surface area contributed by atoms with Crippen LogP contribution in [0.4, 0.5) is 16.2 Å². The molecule has 0 bridgehead atoms. The molecule has 0 radical (unpaired) electrons. The number of urea groups is 1. The summed E-state index contributed by atoms with van der Waals surface area (Å²) < 4.78 is 0. The SMILES string of the molecule is Cc1ccc(N2CCN(CC(=O)Nc3ccc(Cl)cc3)C2=O)cc1. The summed E-state index contributed by atoms with van der Waals surface area (Å²) in [6, 6.07) is 14.5. The average Bonchev–Trinajstić information content (AvgIpc) is 2.91. The minimum Gasteiger partial charge on any atom is -0.325 e. The van der Waals surface area contributed by atoms with Gasteiger partial charge in [-0.25, -0.2) is 4.79 Å². The molecule has 1 saturated heterocycles. The number of nitrogens with zero attached hydrogens (tertiary/aromatic N) is 2. The molecule has 5 nitrogen and oxygen atoms in total. The second kappa shape index (κ2) is 6.93. The zero-order valence-electron chi connectivity index (χ0n) is 13.3. The van der Waals surface area contributed by atoms with Crippen molar-refractivity contribution in [3.63, 3.8) is 0 Å². The Bertz CT molecular complexity index is 744. The van der Waals surface area contributed by atoms with Crippen molar-refractivity contribution >= 4 is 34.9 Å². The van der Waals surface area contributed by atoms with E-state index in [1.807, 2.05) is 31.2 Å². The van der Waals surface area contributed by atoms with Crippen molar-refractivity contribution in [2.45, 2.75) is 6.92 Å². The van der Waals surface area contributed by atoms with E-state index in [0.717, 1.165) is 11.3 Å². The molecule has 0 aliphatic carbocycles. The number of aryl methyl sites for hydroxylation is 1. The minimum absolute atomic E-state index is 0.0316. The molecular formula is C18H18ClN3O2. The second-order valence-corrected chi connectivity index (χ2v) is 6.18. The third-order valence-corrected chi connectivity index (χ3v) is 4.16. The molecular weight excluding hydrogens is 326 g/mol. The van der Waals surface area contributed by atoms with E-state index in [1.54, 1.807) is 34.1 Å². The molecule has 2 aromatic rings. The van der Waals surface area contributed by atoms with Crippen LogP contribution in [0.1, 0.15) is 5.56 Å². The predicted molar refractivity (Wildman–Crippen MR) is 95.6 cm³/mol. The normalized spacial score (nSPS) is 14.2. The molecule has 1 heterocycles. The summed E-state index contributed by atoms with van der Waals surface area (Å²) in [6.45, 7) is 3.14. The van der Waals surface area contributed by atoms with Crippen LogP contribution >= 0.6 is 11.6 Å². The highest BCUT2D eigenvalue weighted by atomic mass is 35.5. The maximum absolute atomic E-state index is 12.5. The maximum atomic E-state index is 12.5. The molecule has 1 aliphatic rings. The Labute approximate surface area is 145 Å². The third kappa shape index (κ3) is 3.68. The summed E-state index contributed by atoms with van der Waals surface area (Å²) in [5.41, 5.74) is 2.65. The molecule has 124 valence electrons. The zero-order chi connectivity index (χ0) is 17.1. The molecule has 1 aliphatic heterocycles. The first-order valence-electron chi connectivity index (χ1n) is 7.71. The number of carbonyl (C=O) groups excluding carboxylic acids is 2. The van der Waals surface area contributed by atoms with E-state index >= 15 is 0 Å². The number of nitrogens with one attached hydrogen (secondary N) is 1. The Hall–Kier alpha value is -2.53. The van der Waals surface area contributed by atoms with Gasteiger partial charge in [-0.05, 0) is 43.3 Å². The van der Waals surface area contributed by atoms with Crippen molar-refractivity contribution in [2.75, 3.05) is 29.9 Å². The Morgan fingerprint density at radius 1 is 1.08 bits per heavy atom. The van der Waals surface area contributed by atoms with Crippen LogP contribution in [-0.4, -0.2) is 36.5 Å². The monoisotopic (exact) mass is 343 g/mol. The quantitative estimate of drug-likeness (QED) is 0.923. The summed E-state index contributed by atoms with van der Waals surface area (Å²) >= 11 is 5.82. The molecule has 1 fully saturated rings. The number of hydrogen-bond donors (Lipinski definition) is 1. The lowest BCUT2D eigenvalue weighted by Crippen LogP contribution is -2.37. The third-order valence-electron chi connectivity index (χ3n) is 3.90. The maximum Gasteiger partial charge on any atom is 0.325 e. The van der Waals surface area contributed by atoms with Gasteiger partial charge in [-0.2, -0.15) is 0 Å². The number of rotatable bonds is 4. The first-order valence-corrected chi connectivity index (χ1v) is 8.09. The molecule has 0 unspecified atom stereocenters. The van der Waals surface area contributed by atoms with Crippen LogP contribution in [0.15, 0.2) is 48.5 Å². The molecule has 3 rings (SSSR count). The molecule has 0 aromatic heterocycles. The number of benzene rings is 2. The van der Waals surface area contributed by atoms with Gasteiger partial charge in [-0.15, -0.1) is 0 Å². The number of amides is 3. The molecule has 0 spiro atoms. The lowest BCUT2D eigenvalue weighted by Gasteiger charge is -2.18. The number of hydrogen-bond acceptors (Lipinski definition) is 2. The lowest BCUT2D eigenvalue weighted by molar-refractivity contribution is -0.116. The van der Waals surface area contributed by atoms with Gasteiger partial charge < -0.3 is 10.2 Å². The van der Waals surface area contributed by atoms with Crippen molar-refractivity contribution in [1.82, 2.24) is 4.90 Å². The second-order valence-electron chi connectivity index (χ2n) is 5.75. The fraction of sp³-hybridized carbons (Fsp3) is 0.222. The molecule has 0 saturated carbocycles. The fourth-order valence-corrected chi connectivity index (χ4v) is 2.73. The van der Waals surface area contributed by atoms with Gasteiger partial charge in [0, 0.05) is 29.5 Å². The highest BCUT2D eigenvalue weighted by Crippen LogP contribution is 2.21. The van der Waals surface area contributed by atoms with Gasteiger partial charge in [0.15, 0.2) is 0 Å². The Morgan fingerprint density at radius 3 is 2.42 bits per heavy atom. The topological polar surface area (TPSA) is 52.6 Å². The molecule has 0 atom stereocenters. The highest BCUT2D eigenvalue weighted by molar-refractivity contribution is 6.30. The van der Waals surface area contributed by atoms with Gasteiger partial charge in [0.05, 0.1) is 0 Å². The lowest BCUT2D eigenvalue weighted by atomic mass is 10.2. The molecule has 24 heavy (non-hydrogen) atoms. The molecule has 2 aromatic carbocycles. The summed E-state index contributed by atoms with van der Waals surface area (Å²) in [4.78, 5) is 27.8. The molecule has 3 amide bonds. The van der Waals surface area contributed by atoms with E-state index in [-0.39, 0.29) is 18.5 Å². The zero-order valence-corrected chi connectivity index (χ0v) is 14.1. The fourth-order valence-electron chi connectivity index (χ4n) is 2.60. The Balaban J connectivity index is 1.60. The number of anilines is 2. The Kier molecular flexibility index (Phi) is 4.71. The Morgan fingerprint density at radius 2 is 1.75 bits per heavy atom. The van der Waals surface area contributed by atoms with Crippen molar-refractivity contribution in [1.29, 1.82) is 0 Å². The van der Waals surface area contributed by atoms with Crippen LogP contribution < -0.4 is 10.2 Å². The minimum atomic E-state index is -0.226. The van der Waals surface area contributed by atoms with Crippen LogP contribution in [0, 0.1) is 6.92 Å². The van der Waals surface area contributed by atoms with E-state index in [1.165, 1.54) is 0 Å². The summed E-state index contributed by atoms with van der Waals surface area (Å²) in [5.74, 6) is -0.226. The predicted octanol–water partition coefficient (Wildman–Crippen LogP) is 3.53. The van der Waals surface area contributed by atoms with Crippen LogP contribution in [0.5, 0.6) is 0 Å². The molecule has 6 heteroatoms.